The van der Waals surface area contributed by atoms with E-state index < -0.39 is 31.6 Å². The second kappa shape index (κ2) is 10.9. The van der Waals surface area contributed by atoms with E-state index in [2.05, 4.69) is 37.4 Å². The average Bonchev–Trinajstić information content (AvgIpc) is 3.60. The van der Waals surface area contributed by atoms with E-state index >= 15 is 0 Å². The van der Waals surface area contributed by atoms with Crippen molar-refractivity contribution < 1.29 is 26.3 Å². The Labute approximate surface area is 278 Å². The Morgan fingerprint density at radius 2 is 0.755 bits per heavy atom. The van der Waals surface area contributed by atoms with Crippen molar-refractivity contribution in [2.24, 2.45) is 0 Å². The van der Waals surface area contributed by atoms with Crippen molar-refractivity contribution in [1.29, 1.82) is 0 Å². The SMILES string of the molecule is C[Si](C)(c1ccc(-n2c3ccccc3c3ccc(C(F)(F)F)cc32)cc1)c1ccc(-n2c3ccccc3c3ccc(C(F)(F)F)cc32)cc1. The first-order valence-electron chi connectivity index (χ1n) is 15.7. The van der Waals surface area contributed by atoms with Crippen molar-refractivity contribution >= 4 is 62.1 Å². The number of rotatable bonds is 4. The monoisotopic (exact) mass is 678 g/mol. The maximum absolute atomic E-state index is 13.7. The molecule has 0 aliphatic carbocycles. The van der Waals surface area contributed by atoms with Gasteiger partial charge in [-0.25, -0.2) is 0 Å². The largest absolute Gasteiger partial charge is 0.416 e. The van der Waals surface area contributed by atoms with Crippen LogP contribution in [0.3, 0.4) is 0 Å². The number of fused-ring (bicyclic) bond motifs is 6. The summed E-state index contributed by atoms with van der Waals surface area (Å²) >= 11 is 0. The van der Waals surface area contributed by atoms with Crippen molar-refractivity contribution in [1.82, 2.24) is 9.13 Å². The topological polar surface area (TPSA) is 9.86 Å². The van der Waals surface area contributed by atoms with Crippen LogP contribution in [-0.2, 0) is 12.4 Å². The Hall–Kier alpha value is -5.28. The van der Waals surface area contributed by atoms with Crippen LogP contribution in [0, 0.1) is 0 Å². The van der Waals surface area contributed by atoms with E-state index in [1.807, 2.05) is 81.9 Å². The molecule has 0 aliphatic rings. The Morgan fingerprint density at radius 1 is 0.408 bits per heavy atom. The second-order valence-electron chi connectivity index (χ2n) is 12.9. The molecule has 0 unspecified atom stereocenters. The average molecular weight is 679 g/mol. The first-order valence-corrected chi connectivity index (χ1v) is 18.7. The standard InChI is InChI=1S/C40H28F6N2Si/c1-49(2,29-17-13-27(14-18-29)47-35-9-5-3-7-31(35)33-21-11-25(23-37(33)47)39(41,42)43)30-19-15-28(16-20-30)48-36-10-6-4-8-32(36)34-22-12-26(24-38(34)48)40(44,45)46/h3-24H,1-2H3. The Balaban J connectivity index is 1.18. The van der Waals surface area contributed by atoms with Gasteiger partial charge in [0.15, 0.2) is 0 Å². The zero-order valence-electron chi connectivity index (χ0n) is 26.4. The van der Waals surface area contributed by atoms with Crippen LogP contribution in [0.5, 0.6) is 0 Å². The van der Waals surface area contributed by atoms with Crippen LogP contribution in [0.1, 0.15) is 11.1 Å². The first-order chi connectivity index (χ1) is 23.3. The first kappa shape index (κ1) is 31.0. The maximum atomic E-state index is 13.7. The minimum absolute atomic E-state index is 0.489. The summed E-state index contributed by atoms with van der Waals surface area (Å²) < 4.78 is 86.0. The molecular formula is C40H28F6N2Si. The summed E-state index contributed by atoms with van der Waals surface area (Å²) in [6.07, 6.45) is -8.92. The summed E-state index contributed by atoms with van der Waals surface area (Å²) in [7, 11) is -2.27. The molecule has 2 aromatic heterocycles. The van der Waals surface area contributed by atoms with E-state index in [0.717, 1.165) is 66.5 Å². The molecule has 0 radical (unpaired) electrons. The lowest BCUT2D eigenvalue weighted by molar-refractivity contribution is -0.138. The number of halogens is 6. The van der Waals surface area contributed by atoms with Gasteiger partial charge in [0.1, 0.15) is 8.07 Å². The van der Waals surface area contributed by atoms with Crippen LogP contribution in [0.25, 0.3) is 55.0 Å². The zero-order chi connectivity index (χ0) is 34.3. The predicted octanol–water partition coefficient (Wildman–Crippen LogP) is 10.7. The Morgan fingerprint density at radius 3 is 1.12 bits per heavy atom. The lowest BCUT2D eigenvalue weighted by atomic mass is 10.1. The number of benzene rings is 6. The third-order valence-electron chi connectivity index (χ3n) is 9.70. The van der Waals surface area contributed by atoms with Crippen molar-refractivity contribution in [3.8, 4) is 11.4 Å². The van der Waals surface area contributed by atoms with Gasteiger partial charge < -0.3 is 9.13 Å². The molecule has 0 aliphatic heterocycles. The highest BCUT2D eigenvalue weighted by Crippen LogP contribution is 2.38. The molecule has 49 heavy (non-hydrogen) atoms. The molecule has 0 bridgehead atoms. The summed E-state index contributed by atoms with van der Waals surface area (Å²) in [5.41, 5.74) is 2.76. The lowest BCUT2D eigenvalue weighted by Gasteiger charge is -2.24. The predicted molar refractivity (Wildman–Crippen MR) is 188 cm³/mol. The van der Waals surface area contributed by atoms with Crippen LogP contribution in [0.15, 0.2) is 133 Å². The molecule has 0 amide bonds. The molecule has 9 heteroatoms. The number of hydrogen-bond donors (Lipinski definition) is 0. The molecule has 0 fully saturated rings. The highest BCUT2D eigenvalue weighted by molar-refractivity contribution is 7.00. The molecular weight excluding hydrogens is 651 g/mol. The number of aromatic nitrogens is 2. The number of nitrogens with zero attached hydrogens (tertiary/aromatic N) is 2. The summed E-state index contributed by atoms with van der Waals surface area (Å²) in [4.78, 5) is 0. The molecule has 6 aromatic carbocycles. The van der Waals surface area contributed by atoms with Crippen LogP contribution < -0.4 is 10.4 Å². The molecule has 0 N–H and O–H groups in total. The summed E-state index contributed by atoms with van der Waals surface area (Å²) in [6, 6.07) is 39.0. The molecule has 0 spiro atoms. The van der Waals surface area contributed by atoms with Gasteiger partial charge >= 0.3 is 12.4 Å². The molecule has 0 saturated heterocycles. The van der Waals surface area contributed by atoms with Crippen LogP contribution >= 0.6 is 0 Å². The quantitative estimate of drug-likeness (QED) is 0.130. The third kappa shape index (κ3) is 5.02. The van der Waals surface area contributed by atoms with Crippen molar-refractivity contribution in [2.45, 2.75) is 25.4 Å². The minimum Gasteiger partial charge on any atom is -0.309 e. The Bertz CT molecular complexity index is 2360. The highest BCUT2D eigenvalue weighted by Gasteiger charge is 2.33. The lowest BCUT2D eigenvalue weighted by Crippen LogP contribution is -2.52. The van der Waals surface area contributed by atoms with Crippen LogP contribution in [0.2, 0.25) is 13.1 Å². The van der Waals surface area contributed by atoms with E-state index in [-0.39, 0.29) is 0 Å². The second-order valence-corrected chi connectivity index (χ2v) is 17.3. The molecule has 0 saturated carbocycles. The molecule has 244 valence electrons. The van der Waals surface area contributed by atoms with Crippen molar-refractivity contribution in [3.05, 3.63) is 145 Å². The fourth-order valence-corrected chi connectivity index (χ4v) is 9.40. The molecule has 8 aromatic rings. The van der Waals surface area contributed by atoms with Crippen molar-refractivity contribution in [2.75, 3.05) is 0 Å². The van der Waals surface area contributed by atoms with Gasteiger partial charge in [0.2, 0.25) is 0 Å². The third-order valence-corrected chi connectivity index (χ3v) is 13.2. The highest BCUT2D eigenvalue weighted by atomic mass is 28.3. The smallest absolute Gasteiger partial charge is 0.309 e. The van der Waals surface area contributed by atoms with Gasteiger partial charge in [-0.05, 0) is 60.7 Å². The molecule has 2 nitrogen and oxygen atoms in total. The summed E-state index contributed by atoms with van der Waals surface area (Å²) in [5.74, 6) is 0. The van der Waals surface area contributed by atoms with E-state index in [4.69, 9.17) is 0 Å². The number of para-hydroxylation sites is 2. The summed E-state index contributed by atoms with van der Waals surface area (Å²) in [5, 5.41) is 5.52. The summed E-state index contributed by atoms with van der Waals surface area (Å²) in [6.45, 7) is 4.45. The van der Waals surface area contributed by atoms with Gasteiger partial charge in [-0.2, -0.15) is 26.3 Å². The minimum atomic E-state index is -4.46. The van der Waals surface area contributed by atoms with E-state index in [9.17, 15) is 26.3 Å². The van der Waals surface area contributed by atoms with Crippen LogP contribution in [-0.4, -0.2) is 17.2 Å². The van der Waals surface area contributed by atoms with Crippen LogP contribution in [0.4, 0.5) is 26.3 Å². The van der Waals surface area contributed by atoms with E-state index in [0.29, 0.717) is 11.0 Å². The van der Waals surface area contributed by atoms with Gasteiger partial charge in [-0.3, -0.25) is 0 Å². The van der Waals surface area contributed by atoms with Gasteiger partial charge in [0.05, 0.1) is 33.2 Å². The zero-order valence-corrected chi connectivity index (χ0v) is 27.4. The van der Waals surface area contributed by atoms with Gasteiger partial charge in [-0.1, -0.05) is 96.3 Å². The van der Waals surface area contributed by atoms with Gasteiger partial charge in [0.25, 0.3) is 0 Å². The van der Waals surface area contributed by atoms with Gasteiger partial charge in [-0.15, -0.1) is 0 Å². The number of alkyl halides is 6. The molecule has 0 atom stereocenters. The van der Waals surface area contributed by atoms with Gasteiger partial charge in [0, 0.05) is 32.9 Å². The normalized spacial score (nSPS) is 12.9. The fourth-order valence-electron chi connectivity index (χ4n) is 7.07. The van der Waals surface area contributed by atoms with Crippen molar-refractivity contribution in [3.63, 3.8) is 0 Å². The number of hydrogen-bond acceptors (Lipinski definition) is 0. The Kier molecular flexibility index (Phi) is 6.88. The fraction of sp³-hybridized carbons (Fsp3) is 0.100. The molecule has 2 heterocycles. The maximum Gasteiger partial charge on any atom is 0.416 e. The van der Waals surface area contributed by atoms with E-state index in [1.165, 1.54) is 12.1 Å². The van der Waals surface area contributed by atoms with E-state index in [1.54, 1.807) is 12.1 Å². The molecule has 8 rings (SSSR count).